The predicted octanol–water partition coefficient (Wildman–Crippen LogP) is 1.39. The monoisotopic (exact) mass is 258 g/mol. The second-order valence-corrected chi connectivity index (χ2v) is 4.33. The number of halogens is 2. The SMILES string of the molecule is NC1COCC1C(=O)Nc1cc(F)ccc1Cl. The molecule has 2 unspecified atom stereocenters. The molecule has 3 N–H and O–H groups in total. The van der Waals surface area contributed by atoms with Crippen molar-refractivity contribution in [1.82, 2.24) is 0 Å². The first-order valence-electron chi connectivity index (χ1n) is 5.17. The van der Waals surface area contributed by atoms with Crippen LogP contribution < -0.4 is 11.1 Å². The lowest BCUT2D eigenvalue weighted by Gasteiger charge is -2.14. The number of hydrogen-bond donors (Lipinski definition) is 2. The van der Waals surface area contributed by atoms with E-state index in [9.17, 15) is 9.18 Å². The molecule has 0 saturated carbocycles. The van der Waals surface area contributed by atoms with Crippen LogP contribution in [0, 0.1) is 11.7 Å². The number of amides is 1. The van der Waals surface area contributed by atoms with Gasteiger partial charge in [-0.05, 0) is 18.2 Å². The van der Waals surface area contributed by atoms with E-state index in [1.54, 1.807) is 0 Å². The average Bonchev–Trinajstić information content (AvgIpc) is 2.70. The largest absolute Gasteiger partial charge is 0.379 e. The summed E-state index contributed by atoms with van der Waals surface area (Å²) in [6.07, 6.45) is 0. The highest BCUT2D eigenvalue weighted by Crippen LogP contribution is 2.24. The zero-order valence-electron chi connectivity index (χ0n) is 8.95. The van der Waals surface area contributed by atoms with Crippen molar-refractivity contribution in [3.05, 3.63) is 29.0 Å². The van der Waals surface area contributed by atoms with E-state index in [0.717, 1.165) is 0 Å². The maximum Gasteiger partial charge on any atom is 0.231 e. The van der Waals surface area contributed by atoms with Crippen LogP contribution in [0.4, 0.5) is 10.1 Å². The summed E-state index contributed by atoms with van der Waals surface area (Å²) >= 11 is 5.84. The van der Waals surface area contributed by atoms with Crippen LogP contribution in [0.15, 0.2) is 18.2 Å². The van der Waals surface area contributed by atoms with E-state index in [1.807, 2.05) is 0 Å². The zero-order valence-corrected chi connectivity index (χ0v) is 9.71. The molecule has 0 aromatic heterocycles. The summed E-state index contributed by atoms with van der Waals surface area (Å²) in [6, 6.07) is 3.45. The Morgan fingerprint density at radius 1 is 1.53 bits per heavy atom. The summed E-state index contributed by atoms with van der Waals surface area (Å²) in [5, 5.41) is 2.84. The van der Waals surface area contributed by atoms with Gasteiger partial charge >= 0.3 is 0 Å². The highest BCUT2D eigenvalue weighted by molar-refractivity contribution is 6.33. The molecule has 0 spiro atoms. The summed E-state index contributed by atoms with van der Waals surface area (Å²) in [6.45, 7) is 0.634. The molecule has 0 bridgehead atoms. The zero-order chi connectivity index (χ0) is 12.4. The molecular weight excluding hydrogens is 247 g/mol. The van der Waals surface area contributed by atoms with E-state index in [0.29, 0.717) is 6.61 Å². The molecule has 1 aromatic rings. The van der Waals surface area contributed by atoms with Gasteiger partial charge in [-0.25, -0.2) is 4.39 Å². The number of anilines is 1. The Balaban J connectivity index is 2.10. The molecule has 1 aromatic carbocycles. The van der Waals surface area contributed by atoms with Crippen LogP contribution in [0.3, 0.4) is 0 Å². The molecule has 17 heavy (non-hydrogen) atoms. The Morgan fingerprint density at radius 2 is 2.29 bits per heavy atom. The maximum atomic E-state index is 13.0. The number of rotatable bonds is 2. The summed E-state index contributed by atoms with van der Waals surface area (Å²) in [4.78, 5) is 11.8. The van der Waals surface area contributed by atoms with E-state index < -0.39 is 11.7 Å². The summed E-state index contributed by atoms with van der Waals surface area (Å²) in [7, 11) is 0. The molecule has 0 radical (unpaired) electrons. The second kappa shape index (κ2) is 5.00. The minimum Gasteiger partial charge on any atom is -0.379 e. The number of carbonyl (C=O) groups excluding carboxylic acids is 1. The third kappa shape index (κ3) is 2.74. The van der Waals surface area contributed by atoms with Crippen LogP contribution in [0.5, 0.6) is 0 Å². The number of hydrogen-bond acceptors (Lipinski definition) is 3. The van der Waals surface area contributed by atoms with Crippen molar-refractivity contribution in [2.45, 2.75) is 6.04 Å². The Labute approximate surface area is 103 Å². The van der Waals surface area contributed by atoms with Crippen LogP contribution in [0.25, 0.3) is 0 Å². The first kappa shape index (κ1) is 12.3. The van der Waals surface area contributed by atoms with Gasteiger partial charge in [-0.2, -0.15) is 0 Å². The summed E-state index contributed by atoms with van der Waals surface area (Å²) in [5.41, 5.74) is 5.95. The molecule has 1 amide bonds. The molecule has 2 atom stereocenters. The van der Waals surface area contributed by atoms with Gasteiger partial charge in [-0.3, -0.25) is 4.79 Å². The lowest BCUT2D eigenvalue weighted by atomic mass is 10.0. The van der Waals surface area contributed by atoms with E-state index in [4.69, 9.17) is 22.1 Å². The lowest BCUT2D eigenvalue weighted by molar-refractivity contribution is -0.120. The third-order valence-corrected chi connectivity index (χ3v) is 2.98. The smallest absolute Gasteiger partial charge is 0.231 e. The minimum absolute atomic E-state index is 0.246. The maximum absolute atomic E-state index is 13.0. The first-order valence-corrected chi connectivity index (χ1v) is 5.55. The minimum atomic E-state index is -0.461. The van der Waals surface area contributed by atoms with Gasteiger partial charge in [0.2, 0.25) is 5.91 Å². The van der Waals surface area contributed by atoms with Gasteiger partial charge in [-0.15, -0.1) is 0 Å². The molecule has 1 saturated heterocycles. The Kier molecular flexibility index (Phi) is 3.61. The molecule has 1 fully saturated rings. The topological polar surface area (TPSA) is 64.3 Å². The van der Waals surface area contributed by atoms with Crippen molar-refractivity contribution in [2.75, 3.05) is 18.5 Å². The van der Waals surface area contributed by atoms with Crippen LogP contribution in [-0.4, -0.2) is 25.2 Å². The molecule has 6 heteroatoms. The van der Waals surface area contributed by atoms with Crippen molar-refractivity contribution >= 4 is 23.2 Å². The fraction of sp³-hybridized carbons (Fsp3) is 0.364. The van der Waals surface area contributed by atoms with Gasteiger partial charge in [0.15, 0.2) is 0 Å². The van der Waals surface area contributed by atoms with Crippen LogP contribution in [-0.2, 0) is 9.53 Å². The highest BCUT2D eigenvalue weighted by atomic mass is 35.5. The van der Waals surface area contributed by atoms with E-state index in [2.05, 4.69) is 5.32 Å². The molecule has 1 heterocycles. The Bertz CT molecular complexity index is 441. The molecule has 0 aliphatic carbocycles. The average molecular weight is 259 g/mol. The molecule has 1 aliphatic rings. The van der Waals surface area contributed by atoms with Gasteiger partial charge in [-0.1, -0.05) is 11.6 Å². The van der Waals surface area contributed by atoms with Gasteiger partial charge in [0.1, 0.15) is 5.82 Å². The molecule has 4 nitrogen and oxygen atoms in total. The quantitative estimate of drug-likeness (QED) is 0.843. The number of benzene rings is 1. The highest BCUT2D eigenvalue weighted by Gasteiger charge is 2.31. The van der Waals surface area contributed by atoms with E-state index in [-0.39, 0.29) is 29.3 Å². The van der Waals surface area contributed by atoms with Crippen molar-refractivity contribution in [3.8, 4) is 0 Å². The molecule has 1 aliphatic heterocycles. The lowest BCUT2D eigenvalue weighted by Crippen LogP contribution is -2.37. The van der Waals surface area contributed by atoms with Crippen LogP contribution in [0.1, 0.15) is 0 Å². The molecule has 2 rings (SSSR count). The van der Waals surface area contributed by atoms with Crippen LogP contribution >= 0.6 is 11.6 Å². The fourth-order valence-corrected chi connectivity index (χ4v) is 1.82. The normalized spacial score (nSPS) is 23.7. The summed E-state index contributed by atoms with van der Waals surface area (Å²) in [5.74, 6) is -1.19. The van der Waals surface area contributed by atoms with E-state index in [1.165, 1.54) is 18.2 Å². The van der Waals surface area contributed by atoms with Gasteiger partial charge in [0.25, 0.3) is 0 Å². The molecule has 92 valence electrons. The first-order chi connectivity index (χ1) is 8.08. The number of nitrogens with two attached hydrogens (primary N) is 1. The number of ether oxygens (including phenoxy) is 1. The van der Waals surface area contributed by atoms with Gasteiger partial charge in [0, 0.05) is 6.04 Å². The van der Waals surface area contributed by atoms with Gasteiger partial charge < -0.3 is 15.8 Å². The van der Waals surface area contributed by atoms with Crippen molar-refractivity contribution < 1.29 is 13.9 Å². The Morgan fingerprint density at radius 3 is 2.94 bits per heavy atom. The van der Waals surface area contributed by atoms with Crippen LogP contribution in [0.2, 0.25) is 5.02 Å². The summed E-state index contributed by atoms with van der Waals surface area (Å²) < 4.78 is 18.1. The third-order valence-electron chi connectivity index (χ3n) is 2.65. The Hall–Kier alpha value is -1.17. The molecular formula is C11H12ClFN2O2. The standard InChI is InChI=1S/C11H12ClFN2O2/c12-8-2-1-6(13)3-10(8)15-11(16)7-4-17-5-9(7)14/h1-3,7,9H,4-5,14H2,(H,15,16). The number of nitrogens with one attached hydrogen (secondary N) is 1. The van der Waals surface area contributed by atoms with Gasteiger partial charge in [0.05, 0.1) is 29.8 Å². The van der Waals surface area contributed by atoms with Crippen molar-refractivity contribution in [2.24, 2.45) is 11.7 Å². The van der Waals surface area contributed by atoms with Crippen molar-refractivity contribution in [1.29, 1.82) is 0 Å². The predicted molar refractivity (Wildman–Crippen MR) is 62.3 cm³/mol. The second-order valence-electron chi connectivity index (χ2n) is 3.92. The number of carbonyl (C=O) groups is 1. The van der Waals surface area contributed by atoms with Crippen molar-refractivity contribution in [3.63, 3.8) is 0 Å². The van der Waals surface area contributed by atoms with E-state index >= 15 is 0 Å². The fourth-order valence-electron chi connectivity index (χ4n) is 1.66.